The number of nitrogens with two attached hydrogens (primary N) is 1. The molecule has 188 valence electrons. The van der Waals surface area contributed by atoms with Crippen LogP contribution < -0.4 is 21.7 Å². The number of pyridine rings is 1. The first-order valence-corrected chi connectivity index (χ1v) is 12.6. The Hall–Kier alpha value is -3.70. The zero-order valence-corrected chi connectivity index (χ0v) is 21.1. The van der Waals surface area contributed by atoms with Crippen LogP contribution in [0.5, 0.6) is 0 Å². The highest BCUT2D eigenvalue weighted by atomic mass is 32.1. The highest BCUT2D eigenvalue weighted by molar-refractivity contribution is 7.80. The minimum atomic E-state index is 0.359. The fourth-order valence-corrected chi connectivity index (χ4v) is 4.68. The molecule has 0 unspecified atom stereocenters. The zero-order valence-electron chi connectivity index (χ0n) is 20.3. The molecule has 0 atom stereocenters. The van der Waals surface area contributed by atoms with Crippen molar-refractivity contribution in [2.24, 2.45) is 0 Å². The maximum absolute atomic E-state index is 5.94. The van der Waals surface area contributed by atoms with Crippen LogP contribution in [0.1, 0.15) is 24.5 Å². The Labute approximate surface area is 215 Å². The molecule has 0 spiro atoms. The van der Waals surface area contributed by atoms with Gasteiger partial charge in [0.25, 0.3) is 0 Å². The van der Waals surface area contributed by atoms with Gasteiger partial charge in [0.05, 0.1) is 41.3 Å². The van der Waals surface area contributed by atoms with E-state index < -0.39 is 0 Å². The molecule has 4 aromatic rings. The molecular formula is C25H31N9OS. The molecule has 36 heavy (non-hydrogen) atoms. The number of hydrogen-bond acceptors (Lipinski definition) is 8. The fraction of sp³-hybridized carbons (Fsp3) is 0.360. The quantitative estimate of drug-likeness (QED) is 0.266. The Morgan fingerprint density at radius 2 is 2.03 bits per heavy atom. The van der Waals surface area contributed by atoms with Gasteiger partial charge in [-0.2, -0.15) is 0 Å². The van der Waals surface area contributed by atoms with Crippen LogP contribution in [0.3, 0.4) is 0 Å². The maximum atomic E-state index is 5.94. The predicted octanol–water partition coefficient (Wildman–Crippen LogP) is 3.22. The average Bonchev–Trinajstić information content (AvgIpc) is 3.44. The smallest absolute Gasteiger partial charge is 0.204 e. The first-order chi connectivity index (χ1) is 17.5. The molecule has 1 aliphatic rings. The van der Waals surface area contributed by atoms with Gasteiger partial charge in [0.2, 0.25) is 5.95 Å². The van der Waals surface area contributed by atoms with Gasteiger partial charge in [-0.25, -0.2) is 9.97 Å². The third-order valence-corrected chi connectivity index (χ3v) is 6.62. The second-order valence-corrected chi connectivity index (χ2v) is 9.37. The Morgan fingerprint density at radius 1 is 1.19 bits per heavy atom. The molecule has 5 N–H and O–H groups in total. The molecule has 1 aromatic carbocycles. The van der Waals surface area contributed by atoms with Crippen molar-refractivity contribution in [1.82, 2.24) is 29.7 Å². The molecule has 1 fully saturated rings. The number of fused-ring (bicyclic) bond motifs is 1. The van der Waals surface area contributed by atoms with Gasteiger partial charge in [-0.3, -0.25) is 4.98 Å². The van der Waals surface area contributed by atoms with E-state index in [1.807, 2.05) is 25.1 Å². The van der Waals surface area contributed by atoms with Crippen molar-refractivity contribution < 1.29 is 4.42 Å². The van der Waals surface area contributed by atoms with Crippen LogP contribution in [-0.4, -0.2) is 61.8 Å². The van der Waals surface area contributed by atoms with Crippen molar-refractivity contribution in [3.05, 3.63) is 60.6 Å². The number of oxazole rings is 1. The van der Waals surface area contributed by atoms with Crippen molar-refractivity contribution in [1.29, 1.82) is 0 Å². The van der Waals surface area contributed by atoms with Crippen molar-refractivity contribution in [3.63, 3.8) is 0 Å². The number of piperidine rings is 1. The van der Waals surface area contributed by atoms with Gasteiger partial charge in [0.15, 0.2) is 11.0 Å². The predicted molar refractivity (Wildman–Crippen MR) is 146 cm³/mol. The number of hydrogen-bond donors (Lipinski definition) is 4. The Bertz CT molecular complexity index is 1330. The maximum Gasteiger partial charge on any atom is 0.204 e. The normalized spacial score (nSPS) is 14.7. The molecule has 11 heteroatoms. The summed E-state index contributed by atoms with van der Waals surface area (Å²) in [6, 6.07) is 10.3. The molecule has 0 aliphatic carbocycles. The number of thiocarbonyl (C=S) groups is 1. The summed E-state index contributed by atoms with van der Waals surface area (Å²) in [5.74, 6) is 2.36. The highest BCUT2D eigenvalue weighted by Crippen LogP contribution is 2.24. The van der Waals surface area contributed by atoms with E-state index in [1.165, 1.54) is 0 Å². The summed E-state index contributed by atoms with van der Waals surface area (Å²) >= 11 is 5.39. The minimum absolute atomic E-state index is 0.359. The molecule has 0 bridgehead atoms. The number of aryl methyl sites for hydroxylation is 1. The molecule has 5 rings (SSSR count). The van der Waals surface area contributed by atoms with E-state index >= 15 is 0 Å². The van der Waals surface area contributed by atoms with E-state index in [4.69, 9.17) is 27.4 Å². The summed E-state index contributed by atoms with van der Waals surface area (Å²) in [5, 5.41) is 10.6. The second-order valence-electron chi connectivity index (χ2n) is 8.96. The number of nitrogen functional groups attached to an aromatic ring is 1. The number of benzene rings is 1. The molecule has 4 heterocycles. The SMILES string of the molecule is Cc1ncc(Cn2c(NC3CCN(CCNC(=S)Nc4cnccc4N)CC3)nc3ccccc32)o1. The Kier molecular flexibility index (Phi) is 7.28. The van der Waals surface area contributed by atoms with E-state index in [-0.39, 0.29) is 0 Å². The largest absolute Gasteiger partial charge is 0.444 e. The number of aromatic nitrogens is 4. The molecule has 1 aliphatic heterocycles. The number of imidazole rings is 1. The van der Waals surface area contributed by atoms with Crippen LogP contribution >= 0.6 is 12.2 Å². The molecule has 0 radical (unpaired) electrons. The minimum Gasteiger partial charge on any atom is -0.444 e. The van der Waals surface area contributed by atoms with E-state index in [9.17, 15) is 0 Å². The number of likely N-dealkylation sites (tertiary alicyclic amines) is 1. The van der Waals surface area contributed by atoms with Gasteiger partial charge in [0.1, 0.15) is 5.76 Å². The van der Waals surface area contributed by atoms with E-state index in [1.54, 1.807) is 24.7 Å². The third kappa shape index (κ3) is 5.74. The molecule has 3 aromatic heterocycles. The lowest BCUT2D eigenvalue weighted by atomic mass is 10.1. The van der Waals surface area contributed by atoms with Crippen molar-refractivity contribution in [3.8, 4) is 0 Å². The second kappa shape index (κ2) is 10.9. The number of rotatable bonds is 8. The lowest BCUT2D eigenvalue weighted by Gasteiger charge is -2.32. The molecule has 0 saturated carbocycles. The first-order valence-electron chi connectivity index (χ1n) is 12.1. The summed E-state index contributed by atoms with van der Waals surface area (Å²) in [5.41, 5.74) is 9.32. The lowest BCUT2D eigenvalue weighted by molar-refractivity contribution is 0.222. The van der Waals surface area contributed by atoms with Crippen LogP contribution in [-0.2, 0) is 6.54 Å². The summed E-state index contributed by atoms with van der Waals surface area (Å²) in [6.45, 7) is 6.15. The summed E-state index contributed by atoms with van der Waals surface area (Å²) < 4.78 is 7.91. The van der Waals surface area contributed by atoms with Gasteiger partial charge in [0, 0.05) is 45.3 Å². The summed E-state index contributed by atoms with van der Waals surface area (Å²) in [4.78, 5) is 15.6. The van der Waals surface area contributed by atoms with Gasteiger partial charge in [-0.1, -0.05) is 12.1 Å². The van der Waals surface area contributed by atoms with E-state index in [0.29, 0.717) is 35.0 Å². The average molecular weight is 506 g/mol. The molecule has 0 amide bonds. The van der Waals surface area contributed by atoms with Gasteiger partial charge >= 0.3 is 0 Å². The van der Waals surface area contributed by atoms with E-state index in [0.717, 1.165) is 61.8 Å². The molecular weight excluding hydrogens is 474 g/mol. The van der Waals surface area contributed by atoms with Crippen molar-refractivity contribution >= 4 is 45.7 Å². The van der Waals surface area contributed by atoms with Crippen molar-refractivity contribution in [2.45, 2.75) is 32.4 Å². The Balaban J connectivity index is 1.12. The third-order valence-electron chi connectivity index (χ3n) is 6.38. The van der Waals surface area contributed by atoms with Crippen LogP contribution in [0, 0.1) is 6.92 Å². The fourth-order valence-electron chi connectivity index (χ4n) is 4.47. The first kappa shape index (κ1) is 24.0. The van der Waals surface area contributed by atoms with E-state index in [2.05, 4.69) is 41.5 Å². The molecule has 10 nitrogen and oxygen atoms in total. The monoisotopic (exact) mass is 505 g/mol. The Morgan fingerprint density at radius 3 is 2.81 bits per heavy atom. The number of nitrogens with zero attached hydrogens (tertiary/aromatic N) is 5. The van der Waals surface area contributed by atoms with Crippen molar-refractivity contribution in [2.75, 3.05) is 42.5 Å². The standard InChI is InChI=1S/C25H31N9OS/c1-17-29-14-19(35-17)16-34-23-5-3-2-4-21(23)31-24(34)30-18-7-11-33(12-8-18)13-10-28-25(36)32-22-15-27-9-6-20(22)26/h2-6,9,14-15,18H,7-8,10-13,16H2,1H3,(H2,26,27)(H,30,31)(H2,28,32,36). The van der Waals surface area contributed by atoms with Crippen LogP contribution in [0.25, 0.3) is 11.0 Å². The highest BCUT2D eigenvalue weighted by Gasteiger charge is 2.21. The van der Waals surface area contributed by atoms with Crippen LogP contribution in [0.2, 0.25) is 0 Å². The molecule has 1 saturated heterocycles. The van der Waals surface area contributed by atoms with Crippen LogP contribution in [0.15, 0.2) is 53.3 Å². The summed E-state index contributed by atoms with van der Waals surface area (Å²) in [7, 11) is 0. The van der Waals surface area contributed by atoms with Gasteiger partial charge in [-0.05, 0) is 43.3 Å². The lowest BCUT2D eigenvalue weighted by Crippen LogP contribution is -2.43. The van der Waals surface area contributed by atoms with Gasteiger partial charge in [-0.15, -0.1) is 0 Å². The van der Waals surface area contributed by atoms with Crippen LogP contribution in [0.4, 0.5) is 17.3 Å². The number of anilines is 3. The number of para-hydroxylation sites is 2. The zero-order chi connectivity index (χ0) is 24.9. The topological polar surface area (TPSA) is 122 Å². The number of nitrogens with one attached hydrogen (secondary N) is 3. The summed E-state index contributed by atoms with van der Waals surface area (Å²) in [6.07, 6.45) is 7.19. The van der Waals surface area contributed by atoms with Gasteiger partial charge < -0.3 is 35.6 Å².